The fraction of sp³-hybridized carbons (Fsp3) is 0.200. The minimum Gasteiger partial charge on any atom is -0.0899 e. The van der Waals surface area contributed by atoms with Crippen molar-refractivity contribution in [2.24, 2.45) is 10.5 Å². The van der Waals surface area contributed by atoms with Crippen LogP contribution in [0.15, 0.2) is 65.8 Å². The predicted molar refractivity (Wildman–Crippen MR) is 98.4 cm³/mol. The molecule has 0 unspecified atom stereocenters. The summed E-state index contributed by atoms with van der Waals surface area (Å²) in [6.45, 7) is 4.41. The molecule has 0 saturated heterocycles. The molecule has 2 aromatic carbocycles. The molecule has 3 heteroatoms. The van der Waals surface area contributed by atoms with Gasteiger partial charge in [0.2, 0.25) is 5.71 Å². The molecule has 23 heavy (non-hydrogen) atoms. The number of hydrogen-bond acceptors (Lipinski definition) is 1. The van der Waals surface area contributed by atoms with Crippen molar-refractivity contribution in [2.45, 2.75) is 13.8 Å². The molecule has 1 heterocycles. The smallest absolute Gasteiger partial charge is 0.0899 e. The molecule has 116 valence electrons. The summed E-state index contributed by atoms with van der Waals surface area (Å²) in [7, 11) is 1.99. The van der Waals surface area contributed by atoms with Crippen molar-refractivity contribution < 1.29 is 4.68 Å². The first kappa shape index (κ1) is 15.7. The molecule has 0 atom stereocenters. The van der Waals surface area contributed by atoms with Crippen LogP contribution in [-0.2, 0) is 0 Å². The molecule has 1 aliphatic rings. The highest BCUT2D eigenvalue weighted by atomic mass is 35.5. The lowest BCUT2D eigenvalue weighted by Crippen LogP contribution is -2.31. The van der Waals surface area contributed by atoms with Crippen LogP contribution in [0.4, 0.5) is 0 Å². The van der Waals surface area contributed by atoms with Crippen molar-refractivity contribution in [2.75, 3.05) is 7.05 Å². The molecule has 2 nitrogen and oxygen atoms in total. The van der Waals surface area contributed by atoms with Gasteiger partial charge in [-0.15, -0.1) is 0 Å². The van der Waals surface area contributed by atoms with Gasteiger partial charge in [0.1, 0.15) is 11.1 Å². The number of benzene rings is 2. The van der Waals surface area contributed by atoms with Crippen LogP contribution in [0.3, 0.4) is 0 Å². The van der Waals surface area contributed by atoms with E-state index in [1.165, 1.54) is 0 Å². The molecule has 0 N–H and O–H groups in total. The summed E-state index contributed by atoms with van der Waals surface area (Å²) < 4.78 is 1.95. The monoisotopic (exact) mass is 323 g/mol. The van der Waals surface area contributed by atoms with E-state index in [-0.39, 0.29) is 5.41 Å². The molecule has 0 saturated carbocycles. The van der Waals surface area contributed by atoms with Crippen LogP contribution < -0.4 is 0 Å². The van der Waals surface area contributed by atoms with Crippen molar-refractivity contribution in [1.82, 2.24) is 0 Å². The topological polar surface area (TPSA) is 15.4 Å². The molecular weight excluding hydrogens is 304 g/mol. The van der Waals surface area contributed by atoms with Crippen LogP contribution in [-0.4, -0.2) is 23.2 Å². The molecule has 0 amide bonds. The van der Waals surface area contributed by atoms with Gasteiger partial charge < -0.3 is 0 Å². The predicted octanol–water partition coefficient (Wildman–Crippen LogP) is 4.88. The first-order valence-corrected chi connectivity index (χ1v) is 8.06. The van der Waals surface area contributed by atoms with Gasteiger partial charge in [0.25, 0.3) is 0 Å². The average molecular weight is 324 g/mol. The van der Waals surface area contributed by atoms with Crippen molar-refractivity contribution in [3.8, 4) is 0 Å². The maximum atomic E-state index is 6.24. The highest BCUT2D eigenvalue weighted by Gasteiger charge is 2.43. The second kappa shape index (κ2) is 6.13. The lowest BCUT2D eigenvalue weighted by molar-refractivity contribution is -0.499. The van der Waals surface area contributed by atoms with Crippen LogP contribution in [0.1, 0.15) is 25.0 Å². The Bertz CT molecular complexity index is 815. The first-order chi connectivity index (χ1) is 11.0. The maximum absolute atomic E-state index is 6.24. The van der Waals surface area contributed by atoms with E-state index in [4.69, 9.17) is 16.7 Å². The van der Waals surface area contributed by atoms with Gasteiger partial charge in [0.15, 0.2) is 7.05 Å². The van der Waals surface area contributed by atoms with Gasteiger partial charge in [-0.05, 0) is 36.7 Å². The Morgan fingerprint density at radius 3 is 2.30 bits per heavy atom. The van der Waals surface area contributed by atoms with Crippen LogP contribution in [0.5, 0.6) is 0 Å². The van der Waals surface area contributed by atoms with Gasteiger partial charge in [-0.25, -0.2) is 0 Å². The van der Waals surface area contributed by atoms with Crippen molar-refractivity contribution in [3.05, 3.63) is 76.8 Å². The number of hydrogen-bond donors (Lipinski definition) is 0. The molecular formula is C20H20ClN2+. The minimum absolute atomic E-state index is 0.159. The van der Waals surface area contributed by atoms with Crippen molar-refractivity contribution >= 4 is 29.1 Å². The van der Waals surface area contributed by atoms with E-state index >= 15 is 0 Å². The Balaban J connectivity index is 1.94. The summed E-state index contributed by atoms with van der Waals surface area (Å²) in [5.41, 5.74) is 4.24. The molecule has 0 aromatic heterocycles. The fourth-order valence-electron chi connectivity index (χ4n) is 2.96. The molecule has 0 fully saturated rings. The zero-order valence-corrected chi connectivity index (χ0v) is 14.4. The summed E-state index contributed by atoms with van der Waals surface area (Å²) in [4.78, 5) is 0. The van der Waals surface area contributed by atoms with Crippen molar-refractivity contribution in [1.29, 1.82) is 0 Å². The largest absolute Gasteiger partial charge is 0.219 e. The Hall–Kier alpha value is -2.19. The quantitative estimate of drug-likeness (QED) is 0.715. The molecule has 3 rings (SSSR count). The Kier molecular flexibility index (Phi) is 4.18. The van der Waals surface area contributed by atoms with Gasteiger partial charge in [0, 0.05) is 16.7 Å². The first-order valence-electron chi connectivity index (χ1n) is 7.68. The summed E-state index contributed by atoms with van der Waals surface area (Å²) >= 11 is 6.24. The minimum atomic E-state index is -0.159. The average Bonchev–Trinajstić information content (AvgIpc) is 2.77. The number of halogens is 1. The van der Waals surface area contributed by atoms with E-state index < -0.39 is 0 Å². The number of allylic oxidation sites excluding steroid dienone is 1. The fourth-order valence-corrected chi connectivity index (χ4v) is 3.16. The molecule has 0 radical (unpaired) electrons. The van der Waals surface area contributed by atoms with Crippen LogP contribution in [0.2, 0.25) is 5.02 Å². The Labute approximate surface area is 142 Å². The summed E-state index contributed by atoms with van der Waals surface area (Å²) in [5, 5.41) is 5.51. The van der Waals surface area contributed by atoms with E-state index in [1.54, 1.807) is 0 Å². The Morgan fingerprint density at radius 1 is 0.957 bits per heavy atom. The van der Waals surface area contributed by atoms with Crippen LogP contribution in [0.25, 0.3) is 6.08 Å². The summed E-state index contributed by atoms with van der Waals surface area (Å²) in [6, 6.07) is 18.2. The third-order valence-corrected chi connectivity index (χ3v) is 4.55. The maximum Gasteiger partial charge on any atom is 0.219 e. The zero-order chi connectivity index (χ0) is 16.4. The van der Waals surface area contributed by atoms with E-state index in [9.17, 15) is 0 Å². The number of rotatable bonds is 3. The molecule has 1 aliphatic heterocycles. The van der Waals surface area contributed by atoms with E-state index in [0.717, 1.165) is 27.6 Å². The van der Waals surface area contributed by atoms with E-state index in [2.05, 4.69) is 38.1 Å². The molecule has 2 aromatic rings. The van der Waals surface area contributed by atoms with Gasteiger partial charge in [-0.3, -0.25) is 0 Å². The van der Waals surface area contributed by atoms with Crippen LogP contribution >= 0.6 is 11.6 Å². The highest BCUT2D eigenvalue weighted by Crippen LogP contribution is 2.30. The van der Waals surface area contributed by atoms with Gasteiger partial charge in [0.05, 0.1) is 0 Å². The van der Waals surface area contributed by atoms with Gasteiger partial charge >= 0.3 is 0 Å². The lowest BCUT2D eigenvalue weighted by atomic mass is 9.79. The number of nitrogens with zero attached hydrogens (tertiary/aromatic N) is 2. The van der Waals surface area contributed by atoms with Gasteiger partial charge in [-0.1, -0.05) is 64.8 Å². The third-order valence-electron chi connectivity index (χ3n) is 4.20. The molecule has 0 spiro atoms. The third kappa shape index (κ3) is 2.99. The second-order valence-electron chi connectivity index (χ2n) is 6.20. The SMILES string of the molecule is C[N+]1=C(C=Cc2ccccc2Cl)C(C)(C)C(c2ccccc2)=N1. The standard InChI is InChI=1S/C20H20ClN2/c1-20(2)18(14-13-15-9-7-8-12-17(15)21)23(3)22-19(20)16-10-5-4-6-11-16/h4-14H,1-3H3/q+1. The van der Waals surface area contributed by atoms with E-state index in [1.807, 2.05) is 54.2 Å². The second-order valence-corrected chi connectivity index (χ2v) is 6.61. The summed E-state index contributed by atoms with van der Waals surface area (Å²) in [6.07, 6.45) is 4.17. The normalized spacial score (nSPS) is 17.0. The van der Waals surface area contributed by atoms with Gasteiger partial charge in [-0.2, -0.15) is 0 Å². The lowest BCUT2D eigenvalue weighted by Gasteiger charge is -2.16. The summed E-state index contributed by atoms with van der Waals surface area (Å²) in [5.74, 6) is 0. The Morgan fingerprint density at radius 2 is 1.61 bits per heavy atom. The number of hydrazone groups is 1. The van der Waals surface area contributed by atoms with Crippen LogP contribution in [0, 0.1) is 5.41 Å². The molecule has 0 bridgehead atoms. The zero-order valence-electron chi connectivity index (χ0n) is 13.6. The molecule has 0 aliphatic carbocycles. The van der Waals surface area contributed by atoms with Crippen molar-refractivity contribution in [3.63, 3.8) is 0 Å². The highest BCUT2D eigenvalue weighted by molar-refractivity contribution is 6.32. The van der Waals surface area contributed by atoms with E-state index in [0.29, 0.717) is 0 Å².